The van der Waals surface area contributed by atoms with E-state index >= 15 is 0 Å². The monoisotopic (exact) mass is 399 g/mol. The average Bonchev–Trinajstić information content (AvgIpc) is 2.59. The third kappa shape index (κ3) is 4.40. The van der Waals surface area contributed by atoms with Gasteiger partial charge in [0.1, 0.15) is 5.75 Å². The Bertz CT molecular complexity index is 803. The number of para-hydroxylation sites is 2. The van der Waals surface area contributed by atoms with Gasteiger partial charge in [-0.15, -0.1) is 11.8 Å². The second-order valence-corrected chi connectivity index (χ2v) is 5.60. The molecule has 140 valence electrons. The molecule has 1 N–H and O–H groups in total. The molecule has 11 heteroatoms. The number of carbonyl (C=O) groups excluding carboxylic acids is 1. The second kappa shape index (κ2) is 8.30. The minimum absolute atomic E-state index is 0.0601. The van der Waals surface area contributed by atoms with E-state index in [-0.39, 0.29) is 23.2 Å². The van der Waals surface area contributed by atoms with E-state index in [0.717, 1.165) is 6.07 Å². The molecule has 0 saturated heterocycles. The lowest BCUT2D eigenvalue weighted by molar-refractivity contribution is -0.113. The van der Waals surface area contributed by atoms with Crippen LogP contribution < -0.4 is 10.1 Å². The predicted octanol–water partition coefficient (Wildman–Crippen LogP) is 4.71. The van der Waals surface area contributed by atoms with E-state index in [1.54, 1.807) is 0 Å². The van der Waals surface area contributed by atoms with Crippen LogP contribution in [0.5, 0.6) is 5.75 Å². The summed E-state index contributed by atoms with van der Waals surface area (Å²) in [5.74, 6) is -12.8. The number of nitrogens with one attached hydrogen (secondary N) is 1. The summed E-state index contributed by atoms with van der Waals surface area (Å²) >= 11 is 0.0601. The summed E-state index contributed by atoms with van der Waals surface area (Å²) in [6.07, 6.45) is 0. The smallest absolute Gasteiger partial charge is 0.387 e. The summed E-state index contributed by atoms with van der Waals surface area (Å²) in [6.45, 7) is -3.16. The molecule has 0 spiro atoms. The molecule has 1 amide bonds. The Kier molecular flexibility index (Phi) is 6.35. The zero-order valence-electron chi connectivity index (χ0n) is 12.5. The van der Waals surface area contributed by atoms with E-state index < -0.39 is 52.3 Å². The molecule has 0 radical (unpaired) electrons. The Labute approximate surface area is 146 Å². The lowest BCUT2D eigenvalue weighted by Crippen LogP contribution is -2.16. The Morgan fingerprint density at radius 1 is 0.962 bits per heavy atom. The van der Waals surface area contributed by atoms with Crippen LogP contribution in [-0.2, 0) is 4.79 Å². The minimum Gasteiger partial charge on any atom is -0.433 e. The quantitative estimate of drug-likeness (QED) is 0.331. The van der Waals surface area contributed by atoms with Gasteiger partial charge in [0.15, 0.2) is 23.3 Å². The van der Waals surface area contributed by atoms with Crippen LogP contribution in [0.2, 0.25) is 0 Å². The Balaban J connectivity index is 2.12. The topological polar surface area (TPSA) is 38.3 Å². The number of ether oxygens (including phenoxy) is 1. The highest BCUT2D eigenvalue weighted by Crippen LogP contribution is 2.31. The van der Waals surface area contributed by atoms with Crippen molar-refractivity contribution in [2.24, 2.45) is 0 Å². The molecular formula is C15H8F7NO2S. The molecule has 0 aromatic heterocycles. The van der Waals surface area contributed by atoms with Crippen LogP contribution in [0, 0.1) is 29.1 Å². The first-order valence-corrected chi connectivity index (χ1v) is 7.68. The van der Waals surface area contributed by atoms with Gasteiger partial charge in [-0.3, -0.25) is 4.79 Å². The third-order valence-corrected chi connectivity index (χ3v) is 3.95. The number of thioether (sulfide) groups is 1. The van der Waals surface area contributed by atoms with Gasteiger partial charge in [-0.25, -0.2) is 22.0 Å². The normalized spacial score (nSPS) is 10.9. The number of carbonyl (C=O) groups is 1. The number of halogens is 7. The van der Waals surface area contributed by atoms with E-state index in [0.29, 0.717) is 0 Å². The van der Waals surface area contributed by atoms with Crippen molar-refractivity contribution in [3.05, 3.63) is 53.4 Å². The number of hydrogen-bond donors (Lipinski definition) is 1. The Morgan fingerprint density at radius 3 is 2.08 bits per heavy atom. The molecule has 0 aliphatic carbocycles. The number of rotatable bonds is 6. The number of amides is 1. The second-order valence-electron chi connectivity index (χ2n) is 4.61. The van der Waals surface area contributed by atoms with Crippen LogP contribution in [-0.4, -0.2) is 18.3 Å². The molecule has 0 saturated carbocycles. The van der Waals surface area contributed by atoms with Crippen LogP contribution >= 0.6 is 11.8 Å². The first kappa shape index (κ1) is 19.9. The van der Waals surface area contributed by atoms with Gasteiger partial charge in [0.25, 0.3) is 0 Å². The molecule has 2 aromatic rings. The van der Waals surface area contributed by atoms with Crippen molar-refractivity contribution < 1.29 is 40.3 Å². The first-order valence-electron chi connectivity index (χ1n) is 6.70. The maximum Gasteiger partial charge on any atom is 0.387 e. The van der Waals surface area contributed by atoms with Crippen LogP contribution in [0.15, 0.2) is 29.2 Å². The fourth-order valence-electron chi connectivity index (χ4n) is 1.80. The van der Waals surface area contributed by atoms with Crippen molar-refractivity contribution >= 4 is 23.4 Å². The van der Waals surface area contributed by atoms with Gasteiger partial charge >= 0.3 is 6.61 Å². The van der Waals surface area contributed by atoms with Gasteiger partial charge in [0, 0.05) is 0 Å². The van der Waals surface area contributed by atoms with Gasteiger partial charge in [-0.2, -0.15) is 8.78 Å². The molecule has 0 atom stereocenters. The standard InChI is InChI=1S/C15H8F7NO2S/c16-9-10(17)12(19)14(13(20)11(9)18)26-5-8(24)23-6-3-1-2-4-7(6)25-15(21)22/h1-4,15H,5H2,(H,23,24). The van der Waals surface area contributed by atoms with E-state index in [1.165, 1.54) is 18.2 Å². The van der Waals surface area contributed by atoms with Crippen LogP contribution in [0.25, 0.3) is 0 Å². The SMILES string of the molecule is O=C(CSc1c(F)c(F)c(F)c(F)c1F)Nc1ccccc1OC(F)F. The molecule has 2 rings (SSSR count). The molecule has 0 heterocycles. The third-order valence-electron chi connectivity index (χ3n) is 2.89. The summed E-state index contributed by atoms with van der Waals surface area (Å²) in [4.78, 5) is 10.6. The fraction of sp³-hybridized carbons (Fsp3) is 0.133. The molecule has 0 unspecified atom stereocenters. The molecular weight excluding hydrogens is 391 g/mol. The highest BCUT2D eigenvalue weighted by Gasteiger charge is 2.26. The van der Waals surface area contributed by atoms with Gasteiger partial charge in [-0.05, 0) is 12.1 Å². The summed E-state index contributed by atoms with van der Waals surface area (Å²) in [6, 6.07) is 5.11. The largest absolute Gasteiger partial charge is 0.433 e. The zero-order chi connectivity index (χ0) is 19.4. The molecule has 3 nitrogen and oxygen atoms in total. The molecule has 0 bridgehead atoms. The van der Waals surface area contributed by atoms with Gasteiger partial charge < -0.3 is 10.1 Å². The summed E-state index contributed by atoms with van der Waals surface area (Å²) < 4.78 is 94.9. The van der Waals surface area contributed by atoms with Gasteiger partial charge in [-0.1, -0.05) is 12.1 Å². The molecule has 0 aliphatic heterocycles. The van der Waals surface area contributed by atoms with Crippen LogP contribution in [0.3, 0.4) is 0 Å². The van der Waals surface area contributed by atoms with Crippen molar-refractivity contribution in [2.75, 3.05) is 11.1 Å². The molecule has 26 heavy (non-hydrogen) atoms. The molecule has 0 fully saturated rings. The zero-order valence-corrected chi connectivity index (χ0v) is 13.3. The Morgan fingerprint density at radius 2 is 1.50 bits per heavy atom. The predicted molar refractivity (Wildman–Crippen MR) is 78.7 cm³/mol. The maximum absolute atomic E-state index is 13.5. The molecule has 2 aromatic carbocycles. The summed E-state index contributed by atoms with van der Waals surface area (Å²) in [5, 5.41) is 2.14. The number of hydrogen-bond acceptors (Lipinski definition) is 3. The van der Waals surface area contributed by atoms with E-state index in [4.69, 9.17) is 0 Å². The van der Waals surface area contributed by atoms with Crippen molar-refractivity contribution in [1.82, 2.24) is 0 Å². The number of anilines is 1. The van der Waals surface area contributed by atoms with Gasteiger partial charge in [0.2, 0.25) is 11.7 Å². The summed E-state index contributed by atoms with van der Waals surface area (Å²) in [5.41, 5.74) is -0.157. The van der Waals surface area contributed by atoms with Crippen LogP contribution in [0.1, 0.15) is 0 Å². The van der Waals surface area contributed by atoms with Crippen molar-refractivity contribution in [2.45, 2.75) is 11.5 Å². The lowest BCUT2D eigenvalue weighted by atomic mass is 10.3. The van der Waals surface area contributed by atoms with Crippen molar-refractivity contribution in [3.8, 4) is 5.75 Å². The van der Waals surface area contributed by atoms with E-state index in [2.05, 4.69) is 10.1 Å². The first-order chi connectivity index (χ1) is 12.2. The van der Waals surface area contributed by atoms with E-state index in [9.17, 15) is 35.5 Å². The highest BCUT2D eigenvalue weighted by atomic mass is 32.2. The number of alkyl halides is 2. The lowest BCUT2D eigenvalue weighted by Gasteiger charge is -2.12. The maximum atomic E-state index is 13.5. The van der Waals surface area contributed by atoms with Crippen molar-refractivity contribution in [3.63, 3.8) is 0 Å². The van der Waals surface area contributed by atoms with Gasteiger partial charge in [0.05, 0.1) is 16.3 Å². The van der Waals surface area contributed by atoms with E-state index in [1.807, 2.05) is 0 Å². The Hall–Kier alpha value is -2.43. The number of benzene rings is 2. The summed E-state index contributed by atoms with van der Waals surface area (Å²) in [7, 11) is 0. The fourth-order valence-corrected chi connectivity index (χ4v) is 2.58. The van der Waals surface area contributed by atoms with Crippen LogP contribution in [0.4, 0.5) is 36.4 Å². The minimum atomic E-state index is -3.16. The molecule has 0 aliphatic rings. The average molecular weight is 399 g/mol. The highest BCUT2D eigenvalue weighted by molar-refractivity contribution is 8.00. The van der Waals surface area contributed by atoms with Crippen molar-refractivity contribution in [1.29, 1.82) is 0 Å².